The maximum Gasteiger partial charge on any atom is 0.257 e. The molecule has 0 saturated heterocycles. The van der Waals surface area contributed by atoms with Crippen LogP contribution in [0.2, 0.25) is 0 Å². The zero-order valence-electron chi connectivity index (χ0n) is 16.6. The fourth-order valence-electron chi connectivity index (χ4n) is 3.01. The molecule has 0 bridgehead atoms. The van der Waals surface area contributed by atoms with Gasteiger partial charge in [0.2, 0.25) is 0 Å². The number of carbonyl (C=O) groups is 2. The van der Waals surface area contributed by atoms with Crippen LogP contribution in [0.1, 0.15) is 20.7 Å². The zero-order chi connectivity index (χ0) is 21.5. The van der Waals surface area contributed by atoms with Crippen molar-refractivity contribution in [3.8, 4) is 0 Å². The van der Waals surface area contributed by atoms with Gasteiger partial charge in [-0.05, 0) is 60.7 Å². The summed E-state index contributed by atoms with van der Waals surface area (Å²) in [6.07, 6.45) is 3.09. The van der Waals surface area contributed by atoms with Crippen molar-refractivity contribution in [2.75, 3.05) is 16.0 Å². The summed E-state index contributed by atoms with van der Waals surface area (Å²) in [5, 5.41) is 8.96. The number of benzene rings is 3. The third-order valence-electron chi connectivity index (χ3n) is 4.57. The van der Waals surface area contributed by atoms with Crippen LogP contribution < -0.4 is 16.0 Å². The first-order valence-electron chi connectivity index (χ1n) is 9.73. The summed E-state index contributed by atoms with van der Waals surface area (Å²) in [5.41, 5.74) is 3.82. The van der Waals surface area contributed by atoms with E-state index in [2.05, 4.69) is 20.9 Å². The molecule has 0 fully saturated rings. The van der Waals surface area contributed by atoms with Crippen LogP contribution in [-0.4, -0.2) is 16.8 Å². The van der Waals surface area contributed by atoms with E-state index in [4.69, 9.17) is 0 Å². The van der Waals surface area contributed by atoms with Crippen LogP contribution in [0.5, 0.6) is 0 Å². The van der Waals surface area contributed by atoms with Crippen LogP contribution in [0, 0.1) is 0 Å². The number of nitrogens with zero attached hydrogens (tertiary/aromatic N) is 1. The topological polar surface area (TPSA) is 83.1 Å². The maximum atomic E-state index is 12.8. The SMILES string of the molecule is O=C(Nc1ccccc1C(=O)Nc1ccc(Nc2ccccc2)cc1)c1ccncc1. The molecule has 4 rings (SSSR count). The molecule has 31 heavy (non-hydrogen) atoms. The molecule has 0 spiro atoms. The highest BCUT2D eigenvalue weighted by molar-refractivity contribution is 6.12. The largest absolute Gasteiger partial charge is 0.356 e. The van der Waals surface area contributed by atoms with E-state index in [0.29, 0.717) is 22.5 Å². The molecule has 4 aromatic rings. The average molecular weight is 408 g/mol. The molecule has 0 unspecified atom stereocenters. The van der Waals surface area contributed by atoms with E-state index in [9.17, 15) is 9.59 Å². The fraction of sp³-hybridized carbons (Fsp3) is 0. The summed E-state index contributed by atoms with van der Waals surface area (Å²) in [4.78, 5) is 29.2. The number of hydrogen-bond acceptors (Lipinski definition) is 4. The Kier molecular flexibility index (Phi) is 6.00. The number of nitrogens with one attached hydrogen (secondary N) is 3. The first-order valence-corrected chi connectivity index (χ1v) is 9.73. The summed E-state index contributed by atoms with van der Waals surface area (Å²) in [6.45, 7) is 0. The van der Waals surface area contributed by atoms with Crippen molar-refractivity contribution in [3.05, 3.63) is 115 Å². The van der Waals surface area contributed by atoms with Gasteiger partial charge in [0.15, 0.2) is 0 Å². The Labute approximate surface area is 180 Å². The van der Waals surface area contributed by atoms with Crippen LogP contribution in [0.4, 0.5) is 22.7 Å². The maximum absolute atomic E-state index is 12.8. The Morgan fingerprint density at radius 2 is 1.19 bits per heavy atom. The molecular weight excluding hydrogens is 388 g/mol. The summed E-state index contributed by atoms with van der Waals surface area (Å²) in [5.74, 6) is -0.617. The smallest absolute Gasteiger partial charge is 0.257 e. The van der Waals surface area contributed by atoms with E-state index in [-0.39, 0.29) is 11.8 Å². The lowest BCUT2D eigenvalue weighted by Gasteiger charge is -2.12. The molecule has 0 aliphatic heterocycles. The average Bonchev–Trinajstić information content (AvgIpc) is 2.82. The minimum Gasteiger partial charge on any atom is -0.356 e. The number of carbonyl (C=O) groups excluding carboxylic acids is 2. The molecule has 3 aromatic carbocycles. The standard InChI is InChI=1S/C25H20N4O2/c30-24(18-14-16-26-17-15-18)29-23-9-5-4-8-22(23)25(31)28-21-12-10-20(11-13-21)27-19-6-2-1-3-7-19/h1-17,27H,(H,28,31)(H,29,30). The second kappa shape index (κ2) is 9.37. The van der Waals surface area contributed by atoms with Gasteiger partial charge in [-0.2, -0.15) is 0 Å². The Bertz CT molecular complexity index is 1180. The third-order valence-corrected chi connectivity index (χ3v) is 4.57. The predicted octanol–water partition coefficient (Wildman–Crippen LogP) is 5.33. The molecule has 0 radical (unpaired) electrons. The number of rotatable bonds is 6. The Balaban J connectivity index is 1.45. The number of para-hydroxylation sites is 2. The Morgan fingerprint density at radius 3 is 1.94 bits per heavy atom. The second-order valence-electron chi connectivity index (χ2n) is 6.76. The van der Waals surface area contributed by atoms with Crippen LogP contribution in [-0.2, 0) is 0 Å². The molecule has 6 nitrogen and oxygen atoms in total. The highest BCUT2D eigenvalue weighted by atomic mass is 16.2. The van der Waals surface area contributed by atoms with E-state index in [1.165, 1.54) is 0 Å². The third kappa shape index (κ3) is 5.13. The first kappa shape index (κ1) is 19.8. The summed E-state index contributed by atoms with van der Waals surface area (Å²) < 4.78 is 0. The van der Waals surface area contributed by atoms with Gasteiger partial charge < -0.3 is 16.0 Å². The lowest BCUT2D eigenvalue weighted by Crippen LogP contribution is -2.18. The second-order valence-corrected chi connectivity index (χ2v) is 6.76. The summed E-state index contributed by atoms with van der Waals surface area (Å²) >= 11 is 0. The molecule has 2 amide bonds. The summed E-state index contributed by atoms with van der Waals surface area (Å²) in [6, 6.07) is 27.4. The molecule has 6 heteroatoms. The lowest BCUT2D eigenvalue weighted by atomic mass is 10.1. The number of amides is 2. The van der Waals surface area contributed by atoms with E-state index < -0.39 is 0 Å². The molecular formula is C25H20N4O2. The Morgan fingerprint density at radius 1 is 0.581 bits per heavy atom. The summed E-state index contributed by atoms with van der Waals surface area (Å²) in [7, 11) is 0. The zero-order valence-corrected chi connectivity index (χ0v) is 16.6. The van der Waals surface area contributed by atoms with Crippen molar-refractivity contribution < 1.29 is 9.59 Å². The van der Waals surface area contributed by atoms with E-state index in [0.717, 1.165) is 11.4 Å². The molecule has 152 valence electrons. The number of pyridine rings is 1. The highest BCUT2D eigenvalue weighted by Crippen LogP contribution is 2.21. The normalized spacial score (nSPS) is 10.2. The quantitative estimate of drug-likeness (QED) is 0.403. The Hall–Kier alpha value is -4.45. The van der Waals surface area contributed by atoms with Gasteiger partial charge in [-0.15, -0.1) is 0 Å². The van der Waals surface area contributed by atoms with Gasteiger partial charge in [0.1, 0.15) is 0 Å². The van der Waals surface area contributed by atoms with Gasteiger partial charge in [-0.1, -0.05) is 30.3 Å². The molecule has 0 aliphatic rings. The van der Waals surface area contributed by atoms with Gasteiger partial charge in [0.05, 0.1) is 11.3 Å². The number of anilines is 4. The molecule has 1 heterocycles. The minimum atomic E-state index is -0.311. The van der Waals surface area contributed by atoms with E-state index >= 15 is 0 Å². The monoisotopic (exact) mass is 408 g/mol. The van der Waals surface area contributed by atoms with Crippen molar-refractivity contribution >= 4 is 34.6 Å². The number of aromatic nitrogens is 1. The van der Waals surface area contributed by atoms with Gasteiger partial charge >= 0.3 is 0 Å². The van der Waals surface area contributed by atoms with Crippen molar-refractivity contribution in [1.29, 1.82) is 0 Å². The van der Waals surface area contributed by atoms with Gasteiger partial charge in [-0.3, -0.25) is 14.6 Å². The van der Waals surface area contributed by atoms with E-state index in [1.54, 1.807) is 48.8 Å². The lowest BCUT2D eigenvalue weighted by molar-refractivity contribution is 0.102. The van der Waals surface area contributed by atoms with Gasteiger partial charge in [-0.25, -0.2) is 0 Å². The molecule has 0 saturated carbocycles. The van der Waals surface area contributed by atoms with Crippen molar-refractivity contribution in [2.45, 2.75) is 0 Å². The fourth-order valence-corrected chi connectivity index (χ4v) is 3.01. The highest BCUT2D eigenvalue weighted by Gasteiger charge is 2.14. The number of hydrogen-bond donors (Lipinski definition) is 3. The van der Waals surface area contributed by atoms with Crippen LogP contribution in [0.15, 0.2) is 103 Å². The molecule has 1 aromatic heterocycles. The molecule has 3 N–H and O–H groups in total. The van der Waals surface area contributed by atoms with Gasteiger partial charge in [0, 0.05) is 35.0 Å². The van der Waals surface area contributed by atoms with Crippen molar-refractivity contribution in [1.82, 2.24) is 4.98 Å². The van der Waals surface area contributed by atoms with Gasteiger partial charge in [0.25, 0.3) is 11.8 Å². The minimum absolute atomic E-state index is 0.306. The van der Waals surface area contributed by atoms with Crippen LogP contribution in [0.25, 0.3) is 0 Å². The molecule has 0 atom stereocenters. The molecule has 0 aliphatic carbocycles. The van der Waals surface area contributed by atoms with Crippen LogP contribution >= 0.6 is 0 Å². The van der Waals surface area contributed by atoms with Crippen LogP contribution in [0.3, 0.4) is 0 Å². The van der Waals surface area contributed by atoms with Crippen molar-refractivity contribution in [2.24, 2.45) is 0 Å². The predicted molar refractivity (Wildman–Crippen MR) is 123 cm³/mol. The van der Waals surface area contributed by atoms with E-state index in [1.807, 2.05) is 54.6 Å². The van der Waals surface area contributed by atoms with Crippen molar-refractivity contribution in [3.63, 3.8) is 0 Å². The first-order chi connectivity index (χ1) is 15.2.